The number of esters is 1. The number of halogens is 1. The van der Waals surface area contributed by atoms with Crippen LogP contribution in [0.2, 0.25) is 5.02 Å². The van der Waals surface area contributed by atoms with Crippen molar-refractivity contribution in [1.82, 2.24) is 10.3 Å². The maximum Gasteiger partial charge on any atom is 0.337 e. The molecular formula is C23H23ClN4O3S. The van der Waals surface area contributed by atoms with Crippen LogP contribution in [-0.4, -0.2) is 43.2 Å². The maximum absolute atomic E-state index is 12.7. The number of aromatic nitrogens is 1. The van der Waals surface area contributed by atoms with E-state index in [1.165, 1.54) is 11.4 Å². The molecule has 2 heterocycles. The molecule has 2 amide bonds. The van der Waals surface area contributed by atoms with Gasteiger partial charge in [-0.15, -0.1) is 0 Å². The average Bonchev–Trinajstić information content (AvgIpc) is 2.83. The van der Waals surface area contributed by atoms with E-state index in [1.807, 2.05) is 24.3 Å². The lowest BCUT2D eigenvalue weighted by molar-refractivity contribution is 0.0600. The number of carbonyl (C=O) groups is 2. The predicted molar refractivity (Wildman–Crippen MR) is 130 cm³/mol. The van der Waals surface area contributed by atoms with Gasteiger partial charge in [0, 0.05) is 41.4 Å². The van der Waals surface area contributed by atoms with Gasteiger partial charge in [0.1, 0.15) is 0 Å². The molecule has 1 aliphatic heterocycles. The van der Waals surface area contributed by atoms with E-state index >= 15 is 0 Å². The molecule has 0 aliphatic carbocycles. The van der Waals surface area contributed by atoms with E-state index in [-0.39, 0.29) is 12.1 Å². The maximum atomic E-state index is 12.7. The molecule has 0 radical (unpaired) electrons. The summed E-state index contributed by atoms with van der Waals surface area (Å²) in [5.41, 5.74) is 2.97. The van der Waals surface area contributed by atoms with Gasteiger partial charge in [0.25, 0.3) is 0 Å². The molecule has 32 heavy (non-hydrogen) atoms. The van der Waals surface area contributed by atoms with Crippen molar-refractivity contribution < 1.29 is 14.3 Å². The number of methoxy groups -OCH3 is 1. The number of rotatable bonds is 4. The third-order valence-electron chi connectivity index (χ3n) is 5.57. The molecule has 0 unspecified atom stereocenters. The fourth-order valence-electron chi connectivity index (χ4n) is 3.86. The quantitative estimate of drug-likeness (QED) is 0.427. The van der Waals surface area contributed by atoms with Gasteiger partial charge in [-0.2, -0.15) is 0 Å². The number of carbonyl (C=O) groups excluding carboxylic acids is 2. The number of amides is 2. The topological polar surface area (TPSA) is 74.8 Å². The van der Waals surface area contributed by atoms with E-state index in [4.69, 9.17) is 11.6 Å². The van der Waals surface area contributed by atoms with Crippen LogP contribution >= 0.6 is 24.4 Å². The highest BCUT2D eigenvalue weighted by Crippen LogP contribution is 2.29. The van der Waals surface area contributed by atoms with Gasteiger partial charge >= 0.3 is 12.0 Å². The van der Waals surface area contributed by atoms with Crippen molar-refractivity contribution in [1.29, 1.82) is 0 Å². The van der Waals surface area contributed by atoms with E-state index in [9.17, 15) is 9.59 Å². The minimum Gasteiger partial charge on any atom is -0.465 e. The second kappa shape index (κ2) is 9.67. The lowest BCUT2D eigenvalue weighted by Crippen LogP contribution is -2.47. The van der Waals surface area contributed by atoms with Crippen molar-refractivity contribution in [2.45, 2.75) is 18.9 Å². The van der Waals surface area contributed by atoms with Crippen molar-refractivity contribution in [2.24, 2.45) is 0 Å². The van der Waals surface area contributed by atoms with E-state index in [0.717, 1.165) is 42.5 Å². The highest BCUT2D eigenvalue weighted by molar-refractivity contribution is 7.82. The molecule has 1 saturated heterocycles. The number of hydrogen-bond acceptors (Lipinski definition) is 6. The van der Waals surface area contributed by atoms with E-state index in [2.05, 4.69) is 32.8 Å². The van der Waals surface area contributed by atoms with Crippen LogP contribution in [0.1, 0.15) is 23.2 Å². The van der Waals surface area contributed by atoms with Gasteiger partial charge in [0.15, 0.2) is 0 Å². The van der Waals surface area contributed by atoms with Crippen molar-refractivity contribution in [3.63, 3.8) is 0 Å². The van der Waals surface area contributed by atoms with Gasteiger partial charge in [-0.25, -0.2) is 13.9 Å². The normalized spacial score (nSPS) is 14.3. The second-order valence-electron chi connectivity index (χ2n) is 7.55. The van der Waals surface area contributed by atoms with Gasteiger partial charge in [-0.05, 0) is 61.4 Å². The van der Waals surface area contributed by atoms with Gasteiger partial charge in [0.05, 0.1) is 23.9 Å². The summed E-state index contributed by atoms with van der Waals surface area (Å²) in [5, 5.41) is 4.78. The molecule has 1 fully saturated rings. The van der Waals surface area contributed by atoms with Gasteiger partial charge in [0.2, 0.25) is 0 Å². The Morgan fingerprint density at radius 2 is 1.88 bits per heavy atom. The number of anilines is 2. The zero-order valence-corrected chi connectivity index (χ0v) is 19.1. The SMILES string of the molecule is COC(=O)c1ccc(N(S)C(=O)NC2CCN(c3ccnc4cc(Cl)ccc34)CC2)cc1. The third-order valence-corrected chi connectivity index (χ3v) is 6.22. The van der Waals surface area contributed by atoms with Crippen molar-refractivity contribution >= 4 is 58.7 Å². The minimum absolute atomic E-state index is 0.0466. The van der Waals surface area contributed by atoms with Crippen molar-refractivity contribution in [2.75, 3.05) is 29.4 Å². The zero-order chi connectivity index (χ0) is 22.7. The van der Waals surface area contributed by atoms with Gasteiger partial charge in [-0.1, -0.05) is 24.4 Å². The smallest absolute Gasteiger partial charge is 0.337 e. The first kappa shape index (κ1) is 22.2. The predicted octanol–water partition coefficient (Wildman–Crippen LogP) is 4.70. The molecule has 2 aromatic carbocycles. The molecule has 0 atom stereocenters. The molecule has 0 bridgehead atoms. The number of pyridine rings is 1. The number of hydrogen-bond donors (Lipinski definition) is 2. The minimum atomic E-state index is -0.427. The summed E-state index contributed by atoms with van der Waals surface area (Å²) in [4.78, 5) is 30.9. The second-order valence-corrected chi connectivity index (χ2v) is 8.39. The standard InChI is InChI=1S/C23H23ClN4O3S/c1-31-22(29)15-2-5-18(6-3-15)28(32)23(30)26-17-9-12-27(13-10-17)21-8-11-25-20-14-16(24)4-7-19(20)21/h2-8,11,14,17,32H,9-10,12-13H2,1H3,(H,26,30). The Hall–Kier alpha value is -2.97. The Labute approximate surface area is 196 Å². The molecule has 1 aliphatic rings. The Bertz CT molecular complexity index is 1130. The van der Waals surface area contributed by atoms with Crippen LogP contribution in [0.5, 0.6) is 0 Å². The molecule has 1 aromatic heterocycles. The molecular weight excluding hydrogens is 448 g/mol. The van der Waals surface area contributed by atoms with Crippen molar-refractivity contribution in [3.8, 4) is 0 Å². The zero-order valence-electron chi connectivity index (χ0n) is 17.5. The Balaban J connectivity index is 1.36. The summed E-state index contributed by atoms with van der Waals surface area (Å²) in [6.45, 7) is 1.63. The number of nitrogens with zero attached hydrogens (tertiary/aromatic N) is 3. The van der Waals surface area contributed by atoms with E-state index < -0.39 is 5.97 Å². The summed E-state index contributed by atoms with van der Waals surface area (Å²) < 4.78 is 5.93. The largest absolute Gasteiger partial charge is 0.465 e. The number of thiol groups is 1. The fourth-order valence-corrected chi connectivity index (χ4v) is 4.21. The number of urea groups is 1. The summed E-state index contributed by atoms with van der Waals surface area (Å²) >= 11 is 10.4. The van der Waals surface area contributed by atoms with Crippen molar-refractivity contribution in [3.05, 3.63) is 65.3 Å². The third kappa shape index (κ3) is 4.76. The first-order valence-electron chi connectivity index (χ1n) is 10.2. The molecule has 0 spiro atoms. The van der Waals surface area contributed by atoms with Crippen LogP contribution in [-0.2, 0) is 4.74 Å². The molecule has 4 rings (SSSR count). The number of nitrogens with one attached hydrogen (secondary N) is 1. The highest BCUT2D eigenvalue weighted by Gasteiger charge is 2.24. The summed E-state index contributed by atoms with van der Waals surface area (Å²) in [6, 6.07) is 14.0. The number of ether oxygens (including phenoxy) is 1. The lowest BCUT2D eigenvalue weighted by atomic mass is 10.0. The first-order valence-corrected chi connectivity index (χ1v) is 11.0. The fraction of sp³-hybridized carbons (Fsp3) is 0.261. The van der Waals surface area contributed by atoms with Gasteiger partial charge in [-0.3, -0.25) is 4.98 Å². The monoisotopic (exact) mass is 470 g/mol. The van der Waals surface area contributed by atoms with E-state index in [0.29, 0.717) is 16.3 Å². The number of benzene rings is 2. The molecule has 1 N–H and O–H groups in total. The molecule has 3 aromatic rings. The van der Waals surface area contributed by atoms with Crippen LogP contribution in [0.25, 0.3) is 10.9 Å². The molecule has 7 nitrogen and oxygen atoms in total. The van der Waals surface area contributed by atoms with Crippen LogP contribution < -0.4 is 14.5 Å². The van der Waals surface area contributed by atoms with Crippen LogP contribution in [0, 0.1) is 0 Å². The summed E-state index contributed by atoms with van der Waals surface area (Å²) in [7, 11) is 1.33. The number of piperidine rings is 1. The summed E-state index contributed by atoms with van der Waals surface area (Å²) in [6.07, 6.45) is 3.42. The highest BCUT2D eigenvalue weighted by atomic mass is 35.5. The first-order chi connectivity index (χ1) is 15.5. The Kier molecular flexibility index (Phi) is 6.72. The van der Waals surface area contributed by atoms with Crippen LogP contribution in [0.3, 0.4) is 0 Å². The Morgan fingerprint density at radius 1 is 1.16 bits per heavy atom. The van der Waals surface area contributed by atoms with Crippen LogP contribution in [0.15, 0.2) is 54.7 Å². The Morgan fingerprint density at radius 3 is 2.56 bits per heavy atom. The lowest BCUT2D eigenvalue weighted by Gasteiger charge is -2.35. The molecule has 0 saturated carbocycles. The molecule has 166 valence electrons. The van der Waals surface area contributed by atoms with Gasteiger partial charge < -0.3 is 15.0 Å². The molecule has 9 heteroatoms. The van der Waals surface area contributed by atoms with Crippen LogP contribution in [0.4, 0.5) is 16.2 Å². The summed E-state index contributed by atoms with van der Waals surface area (Å²) in [5.74, 6) is -0.427. The average molecular weight is 471 g/mol. The van der Waals surface area contributed by atoms with E-state index in [1.54, 1.807) is 30.5 Å². The number of fused-ring (bicyclic) bond motifs is 1.